The van der Waals surface area contributed by atoms with Crippen molar-refractivity contribution < 1.29 is 23.6 Å². The van der Waals surface area contributed by atoms with Gasteiger partial charge in [-0.05, 0) is 84.6 Å². The number of aliphatic carboxylic acids is 1. The van der Waals surface area contributed by atoms with Gasteiger partial charge >= 0.3 is 5.97 Å². The van der Waals surface area contributed by atoms with Crippen LogP contribution in [0.4, 0.5) is 0 Å². The van der Waals surface area contributed by atoms with Crippen molar-refractivity contribution >= 4 is 57.5 Å². The van der Waals surface area contributed by atoms with Crippen LogP contribution in [0.25, 0.3) is 22.3 Å². The summed E-state index contributed by atoms with van der Waals surface area (Å²) in [5.74, 6) is -0.433. The minimum absolute atomic E-state index is 0.254. The molecule has 0 radical (unpaired) electrons. The Morgan fingerprint density at radius 1 is 0.711 bits per heavy atom. The van der Waals surface area contributed by atoms with Crippen molar-refractivity contribution in [3.05, 3.63) is 106 Å². The second-order valence-corrected chi connectivity index (χ2v) is 13.4. The molecule has 0 fully saturated rings. The number of hydrogen-bond donors (Lipinski definition) is 2. The number of ether oxygens (including phenoxy) is 1. The number of rotatable bonds is 16. The smallest absolute Gasteiger partial charge is 0.341 e. The second-order valence-electron chi connectivity index (χ2n) is 10.5. The Balaban J connectivity index is 1.38. The molecular formula is C35H34Cl3NO5S. The highest BCUT2D eigenvalue weighted by atomic mass is 35.5. The Bertz CT molecular complexity index is 1580. The average Bonchev–Trinajstić information content (AvgIpc) is 3.02. The maximum Gasteiger partial charge on any atom is 0.341 e. The molecule has 0 spiro atoms. The number of nitrogens with one attached hydrogen (secondary N) is 1. The van der Waals surface area contributed by atoms with Gasteiger partial charge in [0.15, 0.2) is 6.61 Å². The molecule has 2 N–H and O–H groups in total. The minimum Gasteiger partial charge on any atom is -0.481 e. The number of halogens is 3. The van der Waals surface area contributed by atoms with Crippen molar-refractivity contribution in [1.29, 1.82) is 0 Å². The molecule has 10 heteroatoms. The van der Waals surface area contributed by atoms with E-state index in [1.54, 1.807) is 60.7 Å². The molecule has 0 heterocycles. The summed E-state index contributed by atoms with van der Waals surface area (Å²) in [5.41, 5.74) is 2.84. The van der Waals surface area contributed by atoms with Gasteiger partial charge in [-0.15, -0.1) is 0 Å². The van der Waals surface area contributed by atoms with Crippen molar-refractivity contribution in [2.75, 3.05) is 18.9 Å². The Labute approximate surface area is 281 Å². The van der Waals surface area contributed by atoms with Gasteiger partial charge in [0.05, 0.1) is 10.8 Å². The fourth-order valence-electron chi connectivity index (χ4n) is 4.86. The summed E-state index contributed by atoms with van der Waals surface area (Å²) in [5, 5.41) is 14.0. The lowest BCUT2D eigenvalue weighted by atomic mass is 9.94. The first-order valence-electron chi connectivity index (χ1n) is 14.7. The quantitative estimate of drug-likeness (QED) is 0.115. The zero-order valence-corrected chi connectivity index (χ0v) is 27.7. The third kappa shape index (κ3) is 10.6. The average molecular weight is 687 g/mol. The van der Waals surface area contributed by atoms with E-state index in [0.717, 1.165) is 43.4 Å². The zero-order valence-electron chi connectivity index (χ0n) is 24.6. The van der Waals surface area contributed by atoms with Crippen LogP contribution in [0.1, 0.15) is 48.9 Å². The SMILES string of the molecule is O=C(O)COc1c(-c2cccc(Cl)c2)cc(C(=O)NCCCCCCCCS(=O)c2ccc(Cl)cc2)cc1-c1cccc(Cl)c1. The van der Waals surface area contributed by atoms with Crippen molar-refractivity contribution in [2.24, 2.45) is 0 Å². The number of benzene rings is 4. The van der Waals surface area contributed by atoms with Crippen LogP contribution >= 0.6 is 34.8 Å². The summed E-state index contributed by atoms with van der Waals surface area (Å²) in [4.78, 5) is 25.6. The minimum atomic E-state index is -1.13. The van der Waals surface area contributed by atoms with Crippen molar-refractivity contribution in [3.63, 3.8) is 0 Å². The highest BCUT2D eigenvalue weighted by Crippen LogP contribution is 2.41. The molecule has 0 aromatic heterocycles. The summed E-state index contributed by atoms with van der Waals surface area (Å²) in [7, 11) is -1.01. The first kappa shape index (κ1) is 34.5. The topological polar surface area (TPSA) is 92.7 Å². The van der Waals surface area contributed by atoms with Gasteiger partial charge in [-0.25, -0.2) is 4.79 Å². The molecule has 0 aliphatic rings. The van der Waals surface area contributed by atoms with E-state index in [1.165, 1.54) is 0 Å². The molecule has 0 bridgehead atoms. The third-order valence-corrected chi connectivity index (χ3v) is 9.26. The number of unbranched alkanes of at least 4 members (excludes halogenated alkanes) is 5. The zero-order chi connectivity index (χ0) is 32.2. The normalized spacial score (nSPS) is 11.6. The fourth-order valence-corrected chi connectivity index (χ4v) is 6.51. The van der Waals surface area contributed by atoms with E-state index in [2.05, 4.69) is 5.32 Å². The third-order valence-electron chi connectivity index (χ3n) is 7.08. The van der Waals surface area contributed by atoms with E-state index in [-0.39, 0.29) is 5.91 Å². The lowest BCUT2D eigenvalue weighted by Gasteiger charge is -2.18. The van der Waals surface area contributed by atoms with Gasteiger partial charge < -0.3 is 15.2 Å². The summed E-state index contributed by atoms with van der Waals surface area (Å²) in [6.07, 6.45) is 5.74. The second kappa shape index (κ2) is 17.4. The predicted molar refractivity (Wildman–Crippen MR) is 183 cm³/mol. The number of carbonyl (C=O) groups is 2. The molecule has 1 unspecified atom stereocenters. The Kier molecular flexibility index (Phi) is 13.3. The molecule has 4 rings (SSSR count). The fraction of sp³-hybridized carbons (Fsp3) is 0.257. The van der Waals surface area contributed by atoms with Crippen molar-refractivity contribution in [2.45, 2.75) is 43.4 Å². The van der Waals surface area contributed by atoms with Gasteiger partial charge in [-0.3, -0.25) is 9.00 Å². The maximum absolute atomic E-state index is 13.4. The molecule has 0 saturated carbocycles. The molecule has 1 atom stereocenters. The Hall–Kier alpha value is -3.36. The van der Waals surface area contributed by atoms with E-state index in [1.807, 2.05) is 24.3 Å². The number of hydrogen-bond acceptors (Lipinski definition) is 4. The first-order valence-corrected chi connectivity index (χ1v) is 17.1. The van der Waals surface area contributed by atoms with Crippen LogP contribution in [0, 0.1) is 0 Å². The van der Waals surface area contributed by atoms with E-state index >= 15 is 0 Å². The van der Waals surface area contributed by atoms with Crippen LogP contribution < -0.4 is 10.1 Å². The van der Waals surface area contributed by atoms with E-state index in [9.17, 15) is 18.9 Å². The van der Waals surface area contributed by atoms with Crippen LogP contribution in [0.3, 0.4) is 0 Å². The Morgan fingerprint density at radius 2 is 1.27 bits per heavy atom. The van der Waals surface area contributed by atoms with Crippen LogP contribution in [0.2, 0.25) is 15.1 Å². The lowest BCUT2D eigenvalue weighted by molar-refractivity contribution is -0.139. The summed E-state index contributed by atoms with van der Waals surface area (Å²) < 4.78 is 18.2. The van der Waals surface area contributed by atoms with Gasteiger partial charge in [-0.1, -0.05) is 84.8 Å². The monoisotopic (exact) mass is 685 g/mol. The summed E-state index contributed by atoms with van der Waals surface area (Å²) in [6.45, 7) is -0.0530. The van der Waals surface area contributed by atoms with Gasteiger partial charge in [0.2, 0.25) is 0 Å². The van der Waals surface area contributed by atoms with E-state index < -0.39 is 23.4 Å². The molecule has 4 aromatic rings. The van der Waals surface area contributed by atoms with Crippen LogP contribution in [0.15, 0.2) is 89.8 Å². The largest absolute Gasteiger partial charge is 0.481 e. The van der Waals surface area contributed by atoms with Crippen LogP contribution in [-0.4, -0.2) is 40.1 Å². The Morgan fingerprint density at radius 3 is 1.82 bits per heavy atom. The molecule has 0 aliphatic heterocycles. The molecule has 1 amide bonds. The molecule has 0 aliphatic carbocycles. The van der Waals surface area contributed by atoms with Crippen molar-refractivity contribution in [3.8, 4) is 28.0 Å². The van der Waals surface area contributed by atoms with E-state index in [4.69, 9.17) is 39.5 Å². The van der Waals surface area contributed by atoms with Gasteiger partial charge in [-0.2, -0.15) is 0 Å². The predicted octanol–water partition coefficient (Wildman–Crippen LogP) is 9.32. The number of carboxylic acids is 1. The highest BCUT2D eigenvalue weighted by molar-refractivity contribution is 7.85. The molecule has 236 valence electrons. The van der Waals surface area contributed by atoms with Crippen LogP contribution in [-0.2, 0) is 15.6 Å². The van der Waals surface area contributed by atoms with Gasteiger partial charge in [0, 0.05) is 49.0 Å². The lowest BCUT2D eigenvalue weighted by Crippen LogP contribution is -2.24. The van der Waals surface area contributed by atoms with Crippen molar-refractivity contribution in [1.82, 2.24) is 5.32 Å². The first-order chi connectivity index (χ1) is 21.7. The maximum atomic E-state index is 13.4. The summed E-state index contributed by atoms with van der Waals surface area (Å²) in [6, 6.07) is 24.7. The molecular weight excluding hydrogens is 653 g/mol. The van der Waals surface area contributed by atoms with Gasteiger partial charge in [0.25, 0.3) is 5.91 Å². The molecule has 4 aromatic carbocycles. The summed E-state index contributed by atoms with van der Waals surface area (Å²) >= 11 is 18.5. The number of carboxylic acid groups (broad SMARTS) is 1. The van der Waals surface area contributed by atoms with Crippen LogP contribution in [0.5, 0.6) is 5.75 Å². The number of carbonyl (C=O) groups excluding carboxylic acids is 1. The molecule has 6 nitrogen and oxygen atoms in total. The highest BCUT2D eigenvalue weighted by Gasteiger charge is 2.20. The van der Waals surface area contributed by atoms with E-state index in [0.29, 0.717) is 60.9 Å². The standard InChI is InChI=1S/C35H34Cl3NO5S/c36-27-13-15-30(16-14-27)45(43)18-6-4-2-1-3-5-17-39-35(42)26-21-31(24-9-7-11-28(37)19-24)34(44-23-33(40)41)32(22-26)25-10-8-12-29(38)20-25/h7-16,19-22H,1-6,17-18,23H2,(H,39,42)(H,40,41). The van der Waals surface area contributed by atoms with Gasteiger partial charge in [0.1, 0.15) is 5.75 Å². The molecule has 0 saturated heterocycles. The molecule has 45 heavy (non-hydrogen) atoms. The number of amides is 1.